The Balaban J connectivity index is 0.00000106. The van der Waals surface area contributed by atoms with Crippen molar-refractivity contribution >= 4 is 0 Å². The quantitative estimate of drug-likeness (QED) is 0.772. The number of aliphatic hydroxyl groups is 2. The van der Waals surface area contributed by atoms with Crippen molar-refractivity contribution in [3.63, 3.8) is 0 Å². The normalized spacial score (nSPS) is 34.1. The largest absolute Gasteiger partial charge is 0.400 e. The summed E-state index contributed by atoms with van der Waals surface area (Å²) in [7, 11) is 2.72. The molecule has 0 spiro atoms. The third-order valence-corrected chi connectivity index (χ3v) is 3.10. The minimum atomic E-state index is -0.574. The van der Waals surface area contributed by atoms with Gasteiger partial charge in [-0.25, -0.2) is 0 Å². The van der Waals surface area contributed by atoms with Crippen molar-refractivity contribution in [3.05, 3.63) is 0 Å². The maximum atomic E-state index is 9.50. The first-order valence-corrected chi connectivity index (χ1v) is 5.96. The fourth-order valence-corrected chi connectivity index (χ4v) is 2.39. The third-order valence-electron chi connectivity index (χ3n) is 3.10. The number of hydrogen-bond acceptors (Lipinski definition) is 4. The van der Waals surface area contributed by atoms with Crippen molar-refractivity contribution in [2.45, 2.75) is 45.5 Å². The van der Waals surface area contributed by atoms with E-state index in [0.29, 0.717) is 11.8 Å². The van der Waals surface area contributed by atoms with Gasteiger partial charge in [0, 0.05) is 26.6 Å². The van der Waals surface area contributed by atoms with Crippen molar-refractivity contribution in [2.75, 3.05) is 20.8 Å². The molecule has 0 radical (unpaired) electrons. The predicted octanol–water partition coefficient (Wildman–Crippen LogP) is 1.40. The van der Waals surface area contributed by atoms with E-state index in [1.165, 1.54) is 0 Å². The molecule has 1 rings (SSSR count). The molecule has 1 heterocycles. The lowest BCUT2D eigenvalue weighted by Crippen LogP contribution is -2.41. The first-order chi connectivity index (χ1) is 7.69. The highest BCUT2D eigenvalue weighted by Crippen LogP contribution is 2.33. The molecular weight excluding hydrogens is 208 g/mol. The van der Waals surface area contributed by atoms with Crippen molar-refractivity contribution < 1.29 is 19.7 Å². The molecule has 0 amide bonds. The summed E-state index contributed by atoms with van der Waals surface area (Å²) in [5, 5.41) is 16.5. The summed E-state index contributed by atoms with van der Waals surface area (Å²) < 4.78 is 10.6. The van der Waals surface area contributed by atoms with E-state index in [4.69, 9.17) is 14.6 Å². The summed E-state index contributed by atoms with van der Waals surface area (Å²) in [6.45, 7) is 4.93. The molecule has 0 aliphatic carbocycles. The Bertz CT molecular complexity index is 163. The van der Waals surface area contributed by atoms with E-state index in [0.717, 1.165) is 33.0 Å². The highest BCUT2D eigenvalue weighted by molar-refractivity contribution is 4.80. The van der Waals surface area contributed by atoms with Crippen molar-refractivity contribution in [1.29, 1.82) is 0 Å². The van der Waals surface area contributed by atoms with Crippen LogP contribution < -0.4 is 0 Å². The van der Waals surface area contributed by atoms with Gasteiger partial charge < -0.3 is 19.7 Å². The molecule has 0 aromatic heterocycles. The van der Waals surface area contributed by atoms with E-state index in [-0.39, 0.29) is 6.10 Å². The molecule has 4 nitrogen and oxygen atoms in total. The van der Waals surface area contributed by atoms with Gasteiger partial charge in [0.15, 0.2) is 6.29 Å². The second-order valence-corrected chi connectivity index (χ2v) is 4.20. The van der Waals surface area contributed by atoms with Crippen LogP contribution in [-0.4, -0.2) is 43.4 Å². The fourth-order valence-electron chi connectivity index (χ4n) is 2.39. The Hall–Kier alpha value is -0.160. The topological polar surface area (TPSA) is 58.9 Å². The zero-order valence-corrected chi connectivity index (χ0v) is 10.8. The van der Waals surface area contributed by atoms with Gasteiger partial charge in [0.1, 0.15) is 0 Å². The summed E-state index contributed by atoms with van der Waals surface area (Å²) in [4.78, 5) is 0. The van der Waals surface area contributed by atoms with Gasteiger partial charge in [-0.2, -0.15) is 0 Å². The molecule has 4 unspecified atom stereocenters. The van der Waals surface area contributed by atoms with E-state index in [2.05, 4.69) is 6.92 Å². The van der Waals surface area contributed by atoms with Gasteiger partial charge in [0.25, 0.3) is 0 Å². The van der Waals surface area contributed by atoms with Crippen LogP contribution in [-0.2, 0) is 9.47 Å². The maximum absolute atomic E-state index is 9.50. The summed E-state index contributed by atoms with van der Waals surface area (Å²) >= 11 is 0. The van der Waals surface area contributed by atoms with Crippen LogP contribution in [0.5, 0.6) is 0 Å². The Kier molecular flexibility index (Phi) is 8.84. The average molecular weight is 234 g/mol. The van der Waals surface area contributed by atoms with Crippen LogP contribution in [0, 0.1) is 11.8 Å². The lowest BCUT2D eigenvalue weighted by molar-refractivity contribution is -0.202. The van der Waals surface area contributed by atoms with E-state index in [9.17, 15) is 5.11 Å². The number of hydrogen-bond donors (Lipinski definition) is 2. The monoisotopic (exact) mass is 234 g/mol. The molecule has 4 atom stereocenters. The van der Waals surface area contributed by atoms with Crippen LogP contribution in [0.4, 0.5) is 0 Å². The lowest BCUT2D eigenvalue weighted by Gasteiger charge is -2.38. The van der Waals surface area contributed by atoms with Gasteiger partial charge in [-0.05, 0) is 12.8 Å². The van der Waals surface area contributed by atoms with Crippen LogP contribution in [0.25, 0.3) is 0 Å². The molecule has 0 aromatic rings. The zero-order chi connectivity index (χ0) is 12.6. The van der Waals surface area contributed by atoms with E-state index >= 15 is 0 Å². The number of ether oxygens (including phenoxy) is 2. The van der Waals surface area contributed by atoms with Crippen molar-refractivity contribution in [1.82, 2.24) is 0 Å². The molecule has 0 saturated carbocycles. The molecule has 2 N–H and O–H groups in total. The fraction of sp³-hybridized carbons (Fsp3) is 1.00. The lowest BCUT2D eigenvalue weighted by atomic mass is 9.81. The molecule has 1 fully saturated rings. The summed E-state index contributed by atoms with van der Waals surface area (Å²) in [5.41, 5.74) is 0. The Morgan fingerprint density at radius 3 is 2.50 bits per heavy atom. The molecule has 1 aliphatic heterocycles. The maximum Gasteiger partial charge on any atom is 0.155 e. The van der Waals surface area contributed by atoms with Crippen LogP contribution in [0.3, 0.4) is 0 Å². The first kappa shape index (κ1) is 15.8. The minimum absolute atomic E-state index is 0.107. The highest BCUT2D eigenvalue weighted by Gasteiger charge is 2.34. The van der Waals surface area contributed by atoms with Gasteiger partial charge in [0.05, 0.1) is 12.7 Å². The van der Waals surface area contributed by atoms with Gasteiger partial charge in [-0.1, -0.05) is 19.8 Å². The van der Waals surface area contributed by atoms with E-state index in [1.807, 2.05) is 6.92 Å². The van der Waals surface area contributed by atoms with Gasteiger partial charge >= 0.3 is 0 Å². The van der Waals surface area contributed by atoms with Crippen LogP contribution in [0.2, 0.25) is 0 Å². The predicted molar refractivity (Wildman–Crippen MR) is 63.1 cm³/mol. The number of rotatable bonds is 4. The van der Waals surface area contributed by atoms with E-state index in [1.54, 1.807) is 7.11 Å². The smallest absolute Gasteiger partial charge is 0.155 e. The van der Waals surface area contributed by atoms with Gasteiger partial charge in [-0.15, -0.1) is 0 Å². The van der Waals surface area contributed by atoms with Crippen LogP contribution >= 0.6 is 0 Å². The molecule has 1 saturated heterocycles. The molecule has 98 valence electrons. The molecule has 1 aliphatic rings. The molecular formula is C12H26O4. The standard InChI is InChI=1S/C11H22O3.CH4O/c1-4-5-9-6-11(12)14-8(2)10(9)7-13-3;1-2/h8-12H,4-7H2,1-3H3;2H,1H3. The van der Waals surface area contributed by atoms with Crippen molar-refractivity contribution in [3.8, 4) is 0 Å². The summed E-state index contributed by atoms with van der Waals surface area (Å²) in [5.74, 6) is 0.974. The Labute approximate surface area is 98.6 Å². The number of methoxy groups -OCH3 is 1. The zero-order valence-electron chi connectivity index (χ0n) is 10.8. The molecule has 16 heavy (non-hydrogen) atoms. The van der Waals surface area contributed by atoms with Crippen LogP contribution in [0.15, 0.2) is 0 Å². The second kappa shape index (κ2) is 8.93. The molecule has 0 bridgehead atoms. The SMILES string of the molecule is CCCC1CC(O)OC(C)C1COC.CO. The molecule has 0 aromatic carbocycles. The Morgan fingerprint density at radius 1 is 1.38 bits per heavy atom. The third kappa shape index (κ3) is 4.78. The van der Waals surface area contributed by atoms with Crippen molar-refractivity contribution in [2.24, 2.45) is 11.8 Å². The van der Waals surface area contributed by atoms with Gasteiger partial charge in [0.2, 0.25) is 0 Å². The summed E-state index contributed by atoms with van der Waals surface area (Å²) in [6, 6.07) is 0. The van der Waals surface area contributed by atoms with Crippen LogP contribution in [0.1, 0.15) is 33.1 Å². The minimum Gasteiger partial charge on any atom is -0.400 e. The van der Waals surface area contributed by atoms with Gasteiger partial charge in [-0.3, -0.25) is 0 Å². The number of aliphatic hydroxyl groups excluding tert-OH is 2. The highest BCUT2D eigenvalue weighted by atomic mass is 16.6. The average Bonchev–Trinajstić information content (AvgIpc) is 2.26. The van der Waals surface area contributed by atoms with E-state index < -0.39 is 6.29 Å². The summed E-state index contributed by atoms with van der Waals surface area (Å²) in [6.07, 6.45) is 2.60. The Morgan fingerprint density at radius 2 is 2.00 bits per heavy atom. The first-order valence-electron chi connectivity index (χ1n) is 5.96. The second-order valence-electron chi connectivity index (χ2n) is 4.20. The molecule has 4 heteroatoms.